The quantitative estimate of drug-likeness (QED) is 0.0268. The van der Waals surface area contributed by atoms with Crippen LogP contribution in [-0.4, -0.2) is 193 Å². The highest BCUT2D eigenvalue weighted by molar-refractivity contribution is 5.82. The molecule has 1 saturated heterocycles. The normalized spacial score (nSPS) is 14.6. The van der Waals surface area contributed by atoms with Crippen LogP contribution in [0.4, 0.5) is 0 Å². The van der Waals surface area contributed by atoms with Crippen molar-refractivity contribution in [3.8, 4) is 0 Å². The van der Waals surface area contributed by atoms with Gasteiger partial charge < -0.3 is 51.5 Å². The predicted molar refractivity (Wildman–Crippen MR) is 358 cm³/mol. The highest BCUT2D eigenvalue weighted by Gasteiger charge is 2.26. The van der Waals surface area contributed by atoms with Gasteiger partial charge in [-0.25, -0.2) is 0 Å². The van der Waals surface area contributed by atoms with Gasteiger partial charge in [0, 0.05) is 78.5 Å². The first kappa shape index (κ1) is 81.6. The molecule has 16 heteroatoms. The number of hydrogen-bond acceptors (Lipinski definition) is 12. The second kappa shape index (κ2) is 60.1. The molecule has 0 spiro atoms. The molecule has 8 N–H and O–H groups in total. The number of amides is 4. The van der Waals surface area contributed by atoms with E-state index >= 15 is 0 Å². The largest absolute Gasteiger partial charge is 0.382 e. The van der Waals surface area contributed by atoms with Crippen LogP contribution in [0.15, 0.2) is 0 Å². The summed E-state index contributed by atoms with van der Waals surface area (Å²) in [6.45, 7) is 17.2. The van der Waals surface area contributed by atoms with E-state index in [0.717, 1.165) is 129 Å². The monoisotopic (exact) mass is 1220 g/mol. The van der Waals surface area contributed by atoms with Gasteiger partial charge in [-0.15, -0.1) is 0 Å². The van der Waals surface area contributed by atoms with Crippen molar-refractivity contribution in [3.63, 3.8) is 0 Å². The lowest BCUT2D eigenvalue weighted by molar-refractivity contribution is -0.133. The van der Waals surface area contributed by atoms with E-state index in [0.29, 0.717) is 39.3 Å². The van der Waals surface area contributed by atoms with Gasteiger partial charge in [0.1, 0.15) is 24.4 Å². The summed E-state index contributed by atoms with van der Waals surface area (Å²) in [7, 11) is 0. The first-order chi connectivity index (χ1) is 41.9. The molecule has 0 aromatic heterocycles. The fourth-order valence-electron chi connectivity index (χ4n) is 11.9. The maximum absolute atomic E-state index is 13.1. The summed E-state index contributed by atoms with van der Waals surface area (Å²) in [6.07, 6.45) is 44.5. The Bertz CT molecular complexity index is 1340. The Hall–Kier alpha value is -2.44. The van der Waals surface area contributed by atoms with Gasteiger partial charge in [0.15, 0.2) is 0 Å². The maximum atomic E-state index is 13.1. The SMILES string of the molecule is CCCCCCCCCCCCNC(=O)C(O)CN(CCCN1CCN(CCCN(CC(O)C(=O)NCCCCCCCCCCCC)CC(O)C(=O)NCCCCCCCCCCCC)CC1)CC(O)C(=O)NCCCCCCCCCCCC. The molecule has 1 fully saturated rings. The average Bonchev–Trinajstić information content (AvgIpc) is 3.68. The Kier molecular flexibility index (Phi) is 57.0. The number of nitrogens with one attached hydrogen (secondary N) is 4. The lowest BCUT2D eigenvalue weighted by Crippen LogP contribution is -2.50. The standard InChI is InChI=1S/C70H140N8O8/c1-5-9-13-17-21-25-29-33-37-41-47-71-67(83)63(79)59-77(60-64(80)68(84)72-48-42-38-34-30-26-22-18-14-10-6-2)53-45-51-75-55-57-76(58-56-75)52-46-54-78(61-65(81)69(85)73-49-43-39-35-31-27-23-19-15-11-7-3)62-66(82)70(86)74-50-44-40-36-32-28-24-20-16-12-8-4/h63-66,79-82H,5-62H2,1-4H3,(H,71,83)(H,72,84)(H,73,85)(H,74,86). The van der Waals surface area contributed by atoms with Gasteiger partial charge in [-0.05, 0) is 64.7 Å². The van der Waals surface area contributed by atoms with Gasteiger partial charge in [0.25, 0.3) is 0 Å². The highest BCUT2D eigenvalue weighted by Crippen LogP contribution is 2.15. The minimum Gasteiger partial charge on any atom is -0.382 e. The van der Waals surface area contributed by atoms with Crippen molar-refractivity contribution in [2.24, 2.45) is 0 Å². The number of aliphatic hydroxyl groups excluding tert-OH is 4. The Morgan fingerprint density at radius 2 is 0.465 bits per heavy atom. The van der Waals surface area contributed by atoms with Crippen LogP contribution in [0.3, 0.4) is 0 Å². The molecule has 0 aromatic carbocycles. The molecule has 1 heterocycles. The van der Waals surface area contributed by atoms with Crippen LogP contribution >= 0.6 is 0 Å². The Labute approximate surface area is 528 Å². The molecule has 16 nitrogen and oxygen atoms in total. The molecule has 86 heavy (non-hydrogen) atoms. The fraction of sp³-hybridized carbons (Fsp3) is 0.943. The van der Waals surface area contributed by atoms with E-state index in [1.54, 1.807) is 0 Å². The molecule has 0 saturated carbocycles. The number of nitrogens with zero attached hydrogens (tertiary/aromatic N) is 4. The number of carbonyl (C=O) groups excluding carboxylic acids is 4. The molecule has 1 rings (SSSR count). The van der Waals surface area contributed by atoms with E-state index in [-0.39, 0.29) is 26.2 Å². The third kappa shape index (κ3) is 49.4. The van der Waals surface area contributed by atoms with Crippen molar-refractivity contribution in [2.45, 2.75) is 322 Å². The van der Waals surface area contributed by atoms with Crippen LogP contribution in [0.5, 0.6) is 0 Å². The molecule has 4 atom stereocenters. The summed E-state index contributed by atoms with van der Waals surface area (Å²) in [5, 5.41) is 56.1. The molecule has 4 amide bonds. The molecule has 0 aliphatic carbocycles. The fourth-order valence-corrected chi connectivity index (χ4v) is 11.9. The summed E-state index contributed by atoms with van der Waals surface area (Å²) < 4.78 is 0. The van der Waals surface area contributed by atoms with Crippen LogP contribution in [0.1, 0.15) is 297 Å². The van der Waals surface area contributed by atoms with E-state index in [2.05, 4.69) is 58.8 Å². The summed E-state index contributed by atoms with van der Waals surface area (Å²) in [6, 6.07) is 0. The number of aliphatic hydroxyl groups is 4. The Morgan fingerprint density at radius 1 is 0.291 bits per heavy atom. The van der Waals surface area contributed by atoms with Gasteiger partial charge in [-0.2, -0.15) is 0 Å². The molecule has 1 aliphatic rings. The topological polar surface area (TPSA) is 210 Å². The van der Waals surface area contributed by atoms with E-state index in [1.165, 1.54) is 180 Å². The van der Waals surface area contributed by atoms with Crippen molar-refractivity contribution >= 4 is 23.6 Å². The van der Waals surface area contributed by atoms with Gasteiger partial charge in [0.05, 0.1) is 0 Å². The Morgan fingerprint density at radius 3 is 0.651 bits per heavy atom. The van der Waals surface area contributed by atoms with Crippen LogP contribution in [0.2, 0.25) is 0 Å². The summed E-state index contributed by atoms with van der Waals surface area (Å²) in [4.78, 5) is 60.9. The van der Waals surface area contributed by atoms with Crippen LogP contribution in [0.25, 0.3) is 0 Å². The van der Waals surface area contributed by atoms with Crippen molar-refractivity contribution in [3.05, 3.63) is 0 Å². The van der Waals surface area contributed by atoms with Crippen molar-refractivity contribution in [1.29, 1.82) is 0 Å². The first-order valence-electron chi connectivity index (χ1n) is 36.7. The number of unbranched alkanes of at least 4 members (excludes halogenated alkanes) is 36. The lowest BCUT2D eigenvalue weighted by Gasteiger charge is -2.36. The zero-order valence-corrected chi connectivity index (χ0v) is 56.5. The number of rotatable bonds is 64. The van der Waals surface area contributed by atoms with Gasteiger partial charge >= 0.3 is 0 Å². The average molecular weight is 1220 g/mol. The molecular weight excluding hydrogens is 1080 g/mol. The summed E-state index contributed by atoms with van der Waals surface area (Å²) in [5.74, 6) is -1.67. The van der Waals surface area contributed by atoms with E-state index in [1.807, 2.05) is 9.80 Å². The van der Waals surface area contributed by atoms with Gasteiger partial charge in [-0.3, -0.25) is 29.0 Å². The van der Waals surface area contributed by atoms with Crippen molar-refractivity contribution in [2.75, 3.05) is 105 Å². The van der Waals surface area contributed by atoms with Crippen LogP contribution in [-0.2, 0) is 19.2 Å². The summed E-state index contributed by atoms with van der Waals surface area (Å²) in [5.41, 5.74) is 0. The zero-order chi connectivity index (χ0) is 62.8. The number of piperazine rings is 1. The number of carbonyl (C=O) groups is 4. The molecular formula is C70H140N8O8. The van der Waals surface area contributed by atoms with Gasteiger partial charge in [-0.1, -0.05) is 259 Å². The molecule has 0 radical (unpaired) electrons. The highest BCUT2D eigenvalue weighted by atomic mass is 16.3. The van der Waals surface area contributed by atoms with Crippen molar-refractivity contribution < 1.29 is 39.6 Å². The minimum absolute atomic E-state index is 0.0274. The van der Waals surface area contributed by atoms with Crippen LogP contribution < -0.4 is 21.3 Å². The predicted octanol–water partition coefficient (Wildman–Crippen LogP) is 11.6. The molecule has 0 bridgehead atoms. The smallest absolute Gasteiger partial charge is 0.250 e. The van der Waals surface area contributed by atoms with E-state index in [4.69, 9.17) is 0 Å². The van der Waals surface area contributed by atoms with E-state index < -0.39 is 48.0 Å². The Balaban J connectivity index is 2.74. The maximum Gasteiger partial charge on any atom is 0.250 e. The first-order valence-corrected chi connectivity index (χ1v) is 36.7. The van der Waals surface area contributed by atoms with Crippen LogP contribution in [0, 0.1) is 0 Å². The summed E-state index contributed by atoms with van der Waals surface area (Å²) >= 11 is 0. The molecule has 1 aliphatic heterocycles. The second-order valence-electron chi connectivity index (χ2n) is 25.9. The molecule has 508 valence electrons. The third-order valence-corrected chi connectivity index (χ3v) is 17.6. The third-order valence-electron chi connectivity index (χ3n) is 17.6. The molecule has 0 aromatic rings. The van der Waals surface area contributed by atoms with Crippen molar-refractivity contribution in [1.82, 2.24) is 40.9 Å². The van der Waals surface area contributed by atoms with Gasteiger partial charge in [0.2, 0.25) is 23.6 Å². The molecule has 4 unspecified atom stereocenters. The minimum atomic E-state index is -1.28. The lowest BCUT2D eigenvalue weighted by atomic mass is 10.1. The van der Waals surface area contributed by atoms with E-state index in [9.17, 15) is 39.6 Å². The number of hydrogen-bond donors (Lipinski definition) is 8. The second-order valence-corrected chi connectivity index (χ2v) is 25.9. The zero-order valence-electron chi connectivity index (χ0n) is 56.5.